The summed E-state index contributed by atoms with van der Waals surface area (Å²) in [7, 11) is 0. The first-order valence-electron chi connectivity index (χ1n) is 12.3. The zero-order chi connectivity index (χ0) is 22.3. The maximum Gasteiger partial charge on any atom is 0.126 e. The lowest BCUT2D eigenvalue weighted by atomic mass is 9.86. The summed E-state index contributed by atoms with van der Waals surface area (Å²) in [4.78, 5) is 0. The molecule has 2 heteroatoms. The van der Waals surface area contributed by atoms with E-state index >= 15 is 0 Å². The van der Waals surface area contributed by atoms with Crippen molar-refractivity contribution in [3.63, 3.8) is 0 Å². The Morgan fingerprint density at radius 2 is 1.83 bits per heavy atom. The highest BCUT2D eigenvalue weighted by Crippen LogP contribution is 2.41. The van der Waals surface area contributed by atoms with E-state index in [9.17, 15) is 5.11 Å². The number of benzene rings is 1. The molecule has 0 radical (unpaired) electrons. The van der Waals surface area contributed by atoms with E-state index in [4.69, 9.17) is 4.74 Å². The fourth-order valence-electron chi connectivity index (χ4n) is 4.62. The van der Waals surface area contributed by atoms with Crippen LogP contribution >= 0.6 is 0 Å². The summed E-state index contributed by atoms with van der Waals surface area (Å²) >= 11 is 0. The molecule has 2 unspecified atom stereocenters. The quantitative estimate of drug-likeness (QED) is 0.368. The highest BCUT2D eigenvalue weighted by atomic mass is 16.5. The first-order valence-corrected chi connectivity index (χ1v) is 12.3. The van der Waals surface area contributed by atoms with E-state index in [1.165, 1.54) is 44.1 Å². The second-order valence-corrected chi connectivity index (χ2v) is 10.6. The number of ether oxygens (including phenoxy) is 1. The van der Waals surface area contributed by atoms with Gasteiger partial charge < -0.3 is 9.84 Å². The summed E-state index contributed by atoms with van der Waals surface area (Å²) in [6.45, 7) is 15.6. The SMILES string of the molecule is C/C(=C\CCC1(C)CCc2cc(O)c(C)c(C)c2O1)CCCC(C)CCCC(C)C. The molecule has 1 heterocycles. The molecule has 0 spiro atoms. The van der Waals surface area contributed by atoms with E-state index < -0.39 is 0 Å². The lowest BCUT2D eigenvalue weighted by Crippen LogP contribution is -2.36. The normalized spacial score (nSPS) is 20.2. The van der Waals surface area contributed by atoms with Crippen LogP contribution in [0.15, 0.2) is 17.7 Å². The zero-order valence-corrected chi connectivity index (χ0v) is 20.7. The topological polar surface area (TPSA) is 29.5 Å². The van der Waals surface area contributed by atoms with Crippen molar-refractivity contribution < 1.29 is 9.84 Å². The number of allylic oxidation sites excluding steroid dienone is 2. The van der Waals surface area contributed by atoms with Crippen LogP contribution < -0.4 is 4.74 Å². The maximum absolute atomic E-state index is 10.1. The van der Waals surface area contributed by atoms with Gasteiger partial charge in [-0.25, -0.2) is 0 Å². The molecule has 0 bridgehead atoms. The summed E-state index contributed by atoms with van der Waals surface area (Å²) in [5.74, 6) is 3.10. The number of rotatable bonds is 11. The van der Waals surface area contributed by atoms with Gasteiger partial charge in [-0.3, -0.25) is 0 Å². The second kappa shape index (κ2) is 11.3. The number of hydrogen-bond donors (Lipinski definition) is 1. The third-order valence-corrected chi connectivity index (χ3v) is 7.07. The predicted octanol–water partition coefficient (Wildman–Crippen LogP) is 8.45. The van der Waals surface area contributed by atoms with E-state index in [0.29, 0.717) is 5.75 Å². The van der Waals surface area contributed by atoms with E-state index in [1.807, 2.05) is 13.0 Å². The molecule has 0 aromatic heterocycles. The largest absolute Gasteiger partial charge is 0.508 e. The van der Waals surface area contributed by atoms with E-state index in [2.05, 4.69) is 47.6 Å². The van der Waals surface area contributed by atoms with Crippen LogP contribution in [0.2, 0.25) is 0 Å². The molecule has 170 valence electrons. The molecule has 0 aliphatic carbocycles. The van der Waals surface area contributed by atoms with Crippen molar-refractivity contribution in [2.24, 2.45) is 11.8 Å². The van der Waals surface area contributed by atoms with Gasteiger partial charge in [0, 0.05) is 0 Å². The first kappa shape index (κ1) is 24.8. The Morgan fingerprint density at radius 3 is 2.53 bits per heavy atom. The summed E-state index contributed by atoms with van der Waals surface area (Å²) < 4.78 is 6.49. The molecule has 30 heavy (non-hydrogen) atoms. The van der Waals surface area contributed by atoms with Crippen LogP contribution in [-0.2, 0) is 6.42 Å². The number of aromatic hydroxyl groups is 1. The van der Waals surface area contributed by atoms with E-state index in [0.717, 1.165) is 60.0 Å². The van der Waals surface area contributed by atoms with Crippen molar-refractivity contribution in [1.29, 1.82) is 0 Å². The zero-order valence-electron chi connectivity index (χ0n) is 20.7. The van der Waals surface area contributed by atoms with Gasteiger partial charge in [0.25, 0.3) is 0 Å². The third-order valence-electron chi connectivity index (χ3n) is 7.07. The van der Waals surface area contributed by atoms with Gasteiger partial charge in [-0.2, -0.15) is 0 Å². The first-order chi connectivity index (χ1) is 14.1. The number of phenolic OH excluding ortho intramolecular Hbond substituents is 1. The van der Waals surface area contributed by atoms with Crippen molar-refractivity contribution in [1.82, 2.24) is 0 Å². The Morgan fingerprint density at radius 1 is 1.13 bits per heavy atom. The minimum atomic E-state index is -0.108. The van der Waals surface area contributed by atoms with E-state index in [1.54, 1.807) is 0 Å². The van der Waals surface area contributed by atoms with Crippen LogP contribution in [0.4, 0.5) is 0 Å². The molecule has 1 aliphatic rings. The molecule has 2 atom stereocenters. The Kier molecular flexibility index (Phi) is 9.31. The van der Waals surface area contributed by atoms with Crippen molar-refractivity contribution in [3.05, 3.63) is 34.4 Å². The molecule has 1 aliphatic heterocycles. The highest BCUT2D eigenvalue weighted by molar-refractivity contribution is 5.53. The molecule has 2 rings (SSSR count). The van der Waals surface area contributed by atoms with Crippen LogP contribution in [0.25, 0.3) is 0 Å². The molecule has 1 N–H and O–H groups in total. The van der Waals surface area contributed by atoms with Gasteiger partial charge >= 0.3 is 0 Å². The third kappa shape index (κ3) is 7.36. The molecular formula is C28H46O2. The standard InChI is InChI=1S/C28H46O2/c1-20(2)11-8-12-21(3)13-9-14-22(4)15-10-17-28(7)18-16-25-19-26(29)23(5)24(6)27(25)30-28/h15,19-21,29H,8-14,16-18H2,1-7H3/b22-15+. The summed E-state index contributed by atoms with van der Waals surface area (Å²) in [5.41, 5.74) is 4.60. The minimum Gasteiger partial charge on any atom is -0.508 e. The number of aryl methyl sites for hydroxylation is 1. The van der Waals surface area contributed by atoms with Crippen molar-refractivity contribution in [2.45, 2.75) is 118 Å². The molecule has 0 fully saturated rings. The van der Waals surface area contributed by atoms with Crippen LogP contribution in [0.1, 0.15) is 109 Å². The van der Waals surface area contributed by atoms with Crippen molar-refractivity contribution in [2.75, 3.05) is 0 Å². The van der Waals surface area contributed by atoms with Crippen LogP contribution in [-0.4, -0.2) is 10.7 Å². The summed E-state index contributed by atoms with van der Waals surface area (Å²) in [6, 6.07) is 1.89. The van der Waals surface area contributed by atoms with Gasteiger partial charge in [0.15, 0.2) is 0 Å². The van der Waals surface area contributed by atoms with Crippen LogP contribution in [0.3, 0.4) is 0 Å². The monoisotopic (exact) mass is 414 g/mol. The van der Waals surface area contributed by atoms with Crippen LogP contribution in [0, 0.1) is 25.7 Å². The number of hydrogen-bond acceptors (Lipinski definition) is 2. The van der Waals surface area contributed by atoms with Gasteiger partial charge in [0.1, 0.15) is 17.1 Å². The van der Waals surface area contributed by atoms with Gasteiger partial charge in [-0.05, 0) is 101 Å². The second-order valence-electron chi connectivity index (χ2n) is 10.6. The van der Waals surface area contributed by atoms with Gasteiger partial charge in [0.05, 0.1) is 0 Å². The molecule has 1 aromatic carbocycles. The Bertz CT molecular complexity index is 716. The summed E-state index contributed by atoms with van der Waals surface area (Å²) in [5, 5.41) is 10.1. The van der Waals surface area contributed by atoms with Gasteiger partial charge in [-0.15, -0.1) is 0 Å². The lowest BCUT2D eigenvalue weighted by Gasteiger charge is -2.37. The Hall–Kier alpha value is -1.44. The fraction of sp³-hybridized carbons (Fsp3) is 0.714. The van der Waals surface area contributed by atoms with Gasteiger partial charge in [-0.1, -0.05) is 58.1 Å². The molecule has 0 amide bonds. The average Bonchev–Trinajstić information content (AvgIpc) is 2.67. The van der Waals surface area contributed by atoms with Crippen molar-refractivity contribution >= 4 is 0 Å². The minimum absolute atomic E-state index is 0.108. The Balaban J connectivity index is 1.76. The highest BCUT2D eigenvalue weighted by Gasteiger charge is 2.32. The van der Waals surface area contributed by atoms with Crippen LogP contribution in [0.5, 0.6) is 11.5 Å². The van der Waals surface area contributed by atoms with Gasteiger partial charge in [0.2, 0.25) is 0 Å². The molecule has 1 aromatic rings. The summed E-state index contributed by atoms with van der Waals surface area (Å²) in [6.07, 6.45) is 14.6. The number of phenols is 1. The lowest BCUT2D eigenvalue weighted by molar-refractivity contribution is 0.0560. The number of fused-ring (bicyclic) bond motifs is 1. The molecule has 0 saturated carbocycles. The molecular weight excluding hydrogens is 368 g/mol. The van der Waals surface area contributed by atoms with Crippen molar-refractivity contribution in [3.8, 4) is 11.5 Å². The maximum atomic E-state index is 10.1. The smallest absolute Gasteiger partial charge is 0.126 e. The average molecular weight is 415 g/mol. The molecule has 0 saturated heterocycles. The fourth-order valence-corrected chi connectivity index (χ4v) is 4.62. The molecule has 2 nitrogen and oxygen atoms in total. The Labute approximate surface area is 186 Å². The van der Waals surface area contributed by atoms with E-state index in [-0.39, 0.29) is 5.60 Å². The predicted molar refractivity (Wildman–Crippen MR) is 130 cm³/mol.